The van der Waals surface area contributed by atoms with Gasteiger partial charge in [-0.15, -0.1) is 0 Å². The van der Waals surface area contributed by atoms with E-state index in [1.165, 1.54) is 6.26 Å². The summed E-state index contributed by atoms with van der Waals surface area (Å²) < 4.78 is 32.4. The Morgan fingerprint density at radius 3 is 2.70 bits per heavy atom. The first kappa shape index (κ1) is 14.2. The van der Waals surface area contributed by atoms with Crippen molar-refractivity contribution in [2.24, 2.45) is 0 Å². The predicted molar refractivity (Wildman–Crippen MR) is 84.2 cm³/mol. The molecule has 116 valence electrons. The molecule has 1 heterocycles. The molecular formula is C19H14F2O2. The van der Waals surface area contributed by atoms with E-state index in [1.807, 2.05) is 36.4 Å². The van der Waals surface area contributed by atoms with Gasteiger partial charge in [0, 0.05) is 17.6 Å². The Morgan fingerprint density at radius 2 is 1.87 bits per heavy atom. The van der Waals surface area contributed by atoms with Crippen molar-refractivity contribution in [1.82, 2.24) is 0 Å². The molecule has 2 aromatic carbocycles. The lowest BCUT2D eigenvalue weighted by atomic mass is 9.87. The molecule has 0 spiro atoms. The summed E-state index contributed by atoms with van der Waals surface area (Å²) in [4.78, 5) is 0. The maximum atomic E-state index is 13.5. The summed E-state index contributed by atoms with van der Waals surface area (Å²) in [5.74, 6) is -1.03. The van der Waals surface area contributed by atoms with Crippen molar-refractivity contribution in [2.45, 2.75) is 18.9 Å². The first-order valence-electron chi connectivity index (χ1n) is 7.46. The Bertz CT molecular complexity index is 893. The van der Waals surface area contributed by atoms with E-state index in [9.17, 15) is 13.9 Å². The molecule has 2 nitrogen and oxygen atoms in total. The molecule has 1 N–H and O–H groups in total. The van der Waals surface area contributed by atoms with Crippen LogP contribution in [-0.4, -0.2) is 5.11 Å². The second-order valence-corrected chi connectivity index (χ2v) is 5.71. The molecule has 4 rings (SSSR count). The number of aliphatic hydroxyl groups is 1. The van der Waals surface area contributed by atoms with E-state index < -0.39 is 17.8 Å². The van der Waals surface area contributed by atoms with Crippen LogP contribution in [0.5, 0.6) is 5.75 Å². The fraction of sp³-hybridized carbons (Fsp3) is 0.158. The highest BCUT2D eigenvalue weighted by atomic mass is 19.2. The molecular weight excluding hydrogens is 298 g/mol. The number of aliphatic hydroxyl groups excluding tert-OH is 1. The summed E-state index contributed by atoms with van der Waals surface area (Å²) in [5, 5.41) is 12.7. The number of hydrogen-bond donors (Lipinski definition) is 1. The zero-order valence-corrected chi connectivity index (χ0v) is 12.2. The van der Waals surface area contributed by atoms with Crippen LogP contribution in [0.15, 0.2) is 71.5 Å². The molecule has 23 heavy (non-hydrogen) atoms. The molecule has 1 atom stereocenters. The minimum Gasteiger partial charge on any atom is -0.464 e. The molecule has 1 unspecified atom stereocenters. The molecule has 0 amide bonds. The molecule has 2 aromatic rings. The maximum Gasteiger partial charge on any atom is 0.154 e. The Morgan fingerprint density at radius 1 is 1.04 bits per heavy atom. The monoisotopic (exact) mass is 312 g/mol. The Hall–Kier alpha value is -2.46. The van der Waals surface area contributed by atoms with Crippen LogP contribution in [0.2, 0.25) is 0 Å². The normalized spacial score (nSPS) is 20.7. The third-order valence-corrected chi connectivity index (χ3v) is 4.36. The molecule has 0 fully saturated rings. The van der Waals surface area contributed by atoms with E-state index in [0.717, 1.165) is 16.8 Å². The van der Waals surface area contributed by atoms with Crippen molar-refractivity contribution in [1.29, 1.82) is 0 Å². The SMILES string of the molecule is OC1C(C2=CC(F)=C(F)CC2)=COc2ccc3ccccc3c21. The van der Waals surface area contributed by atoms with Gasteiger partial charge >= 0.3 is 0 Å². The molecule has 0 saturated heterocycles. The second kappa shape index (κ2) is 5.32. The second-order valence-electron chi connectivity index (χ2n) is 5.71. The van der Waals surface area contributed by atoms with Gasteiger partial charge in [0.25, 0.3) is 0 Å². The van der Waals surface area contributed by atoms with Crippen LogP contribution < -0.4 is 4.74 Å². The Kier molecular flexibility index (Phi) is 3.27. The van der Waals surface area contributed by atoms with Crippen LogP contribution in [0.4, 0.5) is 8.78 Å². The summed E-state index contributed by atoms with van der Waals surface area (Å²) in [5.41, 5.74) is 1.71. The number of fused-ring (bicyclic) bond motifs is 3. The van der Waals surface area contributed by atoms with Crippen LogP contribution in [0.25, 0.3) is 10.8 Å². The highest BCUT2D eigenvalue weighted by Gasteiger charge is 2.28. The third-order valence-electron chi connectivity index (χ3n) is 4.36. The Labute approximate surface area is 132 Å². The zero-order valence-electron chi connectivity index (χ0n) is 12.2. The van der Waals surface area contributed by atoms with Gasteiger partial charge in [-0.2, -0.15) is 0 Å². The average molecular weight is 312 g/mol. The molecule has 0 radical (unpaired) electrons. The fourth-order valence-corrected chi connectivity index (χ4v) is 3.15. The van der Waals surface area contributed by atoms with Gasteiger partial charge in [0.15, 0.2) is 5.83 Å². The van der Waals surface area contributed by atoms with Gasteiger partial charge in [-0.1, -0.05) is 30.3 Å². The summed E-state index contributed by atoms with van der Waals surface area (Å²) in [6, 6.07) is 11.4. The van der Waals surface area contributed by atoms with Crippen LogP contribution in [-0.2, 0) is 0 Å². The molecule has 1 aliphatic heterocycles. The first-order chi connectivity index (χ1) is 11.1. The van der Waals surface area contributed by atoms with Crippen LogP contribution in [0.1, 0.15) is 24.5 Å². The van der Waals surface area contributed by atoms with Crippen LogP contribution >= 0.6 is 0 Å². The van der Waals surface area contributed by atoms with Crippen molar-refractivity contribution >= 4 is 10.8 Å². The van der Waals surface area contributed by atoms with Crippen molar-refractivity contribution in [3.8, 4) is 5.75 Å². The predicted octanol–water partition coefficient (Wildman–Crippen LogP) is 5.02. The van der Waals surface area contributed by atoms with E-state index in [-0.39, 0.29) is 6.42 Å². The van der Waals surface area contributed by atoms with Gasteiger partial charge in [-0.3, -0.25) is 0 Å². The minimum absolute atomic E-state index is 0.00409. The number of ether oxygens (including phenoxy) is 1. The third kappa shape index (κ3) is 2.26. The van der Waals surface area contributed by atoms with E-state index in [0.29, 0.717) is 28.9 Å². The van der Waals surface area contributed by atoms with E-state index in [4.69, 9.17) is 4.74 Å². The molecule has 4 heteroatoms. The zero-order chi connectivity index (χ0) is 16.0. The van der Waals surface area contributed by atoms with Gasteiger partial charge in [-0.25, -0.2) is 8.78 Å². The lowest BCUT2D eigenvalue weighted by molar-refractivity contribution is 0.202. The summed E-state index contributed by atoms with van der Waals surface area (Å²) in [6.07, 6.45) is 2.00. The molecule has 1 aliphatic carbocycles. The van der Waals surface area contributed by atoms with Crippen molar-refractivity contribution < 1.29 is 18.6 Å². The van der Waals surface area contributed by atoms with Gasteiger partial charge in [0.05, 0.1) is 6.26 Å². The van der Waals surface area contributed by atoms with Gasteiger partial charge < -0.3 is 9.84 Å². The highest BCUT2D eigenvalue weighted by Crippen LogP contribution is 2.44. The van der Waals surface area contributed by atoms with Gasteiger partial charge in [-0.05, 0) is 34.9 Å². The fourth-order valence-electron chi connectivity index (χ4n) is 3.15. The molecule has 0 saturated carbocycles. The minimum atomic E-state index is -0.926. The number of hydrogen-bond acceptors (Lipinski definition) is 2. The van der Waals surface area contributed by atoms with E-state index in [1.54, 1.807) is 0 Å². The topological polar surface area (TPSA) is 29.5 Å². The highest BCUT2D eigenvalue weighted by molar-refractivity contribution is 5.89. The first-order valence-corrected chi connectivity index (χ1v) is 7.46. The molecule has 0 aromatic heterocycles. The van der Waals surface area contributed by atoms with Crippen molar-refractivity contribution in [3.63, 3.8) is 0 Å². The lowest BCUT2D eigenvalue weighted by Crippen LogP contribution is -2.13. The van der Waals surface area contributed by atoms with Crippen molar-refractivity contribution in [3.05, 3.63) is 77.1 Å². The summed E-state index contributed by atoms with van der Waals surface area (Å²) in [6.45, 7) is 0. The number of benzene rings is 2. The quantitative estimate of drug-likeness (QED) is 0.801. The number of halogens is 2. The summed E-state index contributed by atoms with van der Waals surface area (Å²) >= 11 is 0. The van der Waals surface area contributed by atoms with Crippen molar-refractivity contribution in [2.75, 3.05) is 0 Å². The molecule has 0 bridgehead atoms. The standard InChI is InChI=1S/C19H14F2O2/c20-15-7-5-12(9-16(15)21)14-10-23-17-8-6-11-3-1-2-4-13(11)18(17)19(14)22/h1-4,6,8-10,19,22H,5,7H2. The van der Waals surface area contributed by atoms with Crippen LogP contribution in [0, 0.1) is 0 Å². The average Bonchev–Trinajstić information content (AvgIpc) is 2.57. The number of allylic oxidation sites excluding steroid dienone is 3. The molecule has 2 aliphatic rings. The van der Waals surface area contributed by atoms with Crippen LogP contribution in [0.3, 0.4) is 0 Å². The smallest absolute Gasteiger partial charge is 0.154 e. The lowest BCUT2D eigenvalue weighted by Gasteiger charge is -2.26. The maximum absolute atomic E-state index is 13.5. The van der Waals surface area contributed by atoms with Gasteiger partial charge in [0.2, 0.25) is 0 Å². The largest absolute Gasteiger partial charge is 0.464 e. The summed E-state index contributed by atoms with van der Waals surface area (Å²) in [7, 11) is 0. The van der Waals surface area contributed by atoms with E-state index in [2.05, 4.69) is 0 Å². The van der Waals surface area contributed by atoms with Gasteiger partial charge in [0.1, 0.15) is 17.7 Å². The Balaban J connectivity index is 1.82. The van der Waals surface area contributed by atoms with E-state index >= 15 is 0 Å². The number of rotatable bonds is 1.